The molecule has 376 valence electrons. The van der Waals surface area contributed by atoms with Crippen LogP contribution in [0.15, 0.2) is 41.2 Å². The van der Waals surface area contributed by atoms with Gasteiger partial charge in [-0.1, -0.05) is 123 Å². The Morgan fingerprint density at radius 2 is 1.41 bits per heavy atom. The standard InChI is InChI=1S/C53H77N3O12/c1-30-23-22-24-31(2)52(64)55-43-38(29-54-56-37-25-20-18-16-14-12-10-11-13-15-17-19-21-26-37)47(61)40-41(48(43)62)46(60)35(6)50-42(40)51(63)53(8,68-50)66-28-27-39(65-9)32(3)49(67-36(7)57)34(5)45(59)33(4)44(30)58/h22-24,27-30,32-34,37,39,44-45,49,56,58-62H,10-21,25-26H2,1-9H3,(H,55,64)/t30-,32-,33-,34-,39+,44-,45-,49+,53-/m0/s1. The quantitative estimate of drug-likeness (QED) is 0.0488. The second-order valence-corrected chi connectivity index (χ2v) is 19.5. The number of ketones is 1. The molecular weight excluding hydrogens is 871 g/mol. The van der Waals surface area contributed by atoms with Crippen molar-refractivity contribution < 1.29 is 58.9 Å². The van der Waals surface area contributed by atoms with Crippen molar-refractivity contribution in [1.82, 2.24) is 5.43 Å². The van der Waals surface area contributed by atoms with Gasteiger partial charge >= 0.3 is 11.8 Å². The predicted molar refractivity (Wildman–Crippen MR) is 263 cm³/mol. The zero-order valence-corrected chi connectivity index (χ0v) is 41.6. The van der Waals surface area contributed by atoms with E-state index in [1.54, 1.807) is 46.8 Å². The number of aliphatic hydroxyl groups is 2. The number of ether oxygens (including phenoxy) is 4. The van der Waals surface area contributed by atoms with E-state index in [4.69, 9.17) is 18.9 Å². The van der Waals surface area contributed by atoms with E-state index in [0.29, 0.717) is 0 Å². The molecule has 2 aromatic carbocycles. The first kappa shape index (κ1) is 53.8. The van der Waals surface area contributed by atoms with Crippen LogP contribution in [0, 0.1) is 30.6 Å². The molecule has 68 heavy (non-hydrogen) atoms. The number of methoxy groups -OCH3 is 1. The number of nitrogens with one attached hydrogen (secondary N) is 2. The summed E-state index contributed by atoms with van der Waals surface area (Å²) in [4.78, 5) is 41.0. The number of esters is 1. The van der Waals surface area contributed by atoms with Crippen molar-refractivity contribution in [3.05, 3.63) is 52.8 Å². The number of aromatic hydroxyl groups is 3. The van der Waals surface area contributed by atoms with Gasteiger partial charge in [-0.15, -0.1) is 0 Å². The van der Waals surface area contributed by atoms with Crippen molar-refractivity contribution >= 4 is 40.3 Å². The van der Waals surface area contributed by atoms with E-state index in [-0.39, 0.29) is 50.5 Å². The SMILES string of the molecule is CO[C@@H]1C=CO[C@@]2(C)Oc3c(C)c(O)c4c(O)c(c(C=NNC5CCCCCCCCCCCCCC5)c(O)c4c3C2=O)NC(=O)C(C)=CC=C[C@H](C)[C@H](O)[C@H](C)[C@H](O)[C@H](C)[C@H](OC(C)=O)[C@H]1C. The highest BCUT2D eigenvalue weighted by Crippen LogP contribution is 2.55. The van der Waals surface area contributed by atoms with Crippen LogP contribution in [0.4, 0.5) is 5.69 Å². The minimum atomic E-state index is -2.05. The van der Waals surface area contributed by atoms with E-state index >= 15 is 0 Å². The van der Waals surface area contributed by atoms with E-state index in [0.717, 1.165) is 38.5 Å². The molecule has 15 nitrogen and oxygen atoms in total. The number of phenolic OH excluding ortho intramolecular Hbond substituents is 3. The molecular formula is C53H77N3O12. The van der Waals surface area contributed by atoms with Crippen molar-refractivity contribution in [3.63, 3.8) is 0 Å². The Kier molecular flexibility index (Phi) is 19.3. The fourth-order valence-corrected chi connectivity index (χ4v) is 9.90. The second-order valence-electron chi connectivity index (χ2n) is 19.5. The number of rotatable bonds is 5. The second kappa shape index (κ2) is 24.4. The topological polar surface area (TPSA) is 226 Å². The van der Waals surface area contributed by atoms with Crippen molar-refractivity contribution in [2.45, 2.75) is 182 Å². The number of amides is 1. The largest absolute Gasteiger partial charge is 0.507 e. The van der Waals surface area contributed by atoms with Gasteiger partial charge < -0.3 is 55.2 Å². The highest BCUT2D eigenvalue weighted by molar-refractivity contribution is 6.23. The summed E-state index contributed by atoms with van der Waals surface area (Å²) >= 11 is 0. The monoisotopic (exact) mass is 948 g/mol. The normalized spacial score (nSPS) is 29.2. The van der Waals surface area contributed by atoms with E-state index in [1.165, 1.54) is 104 Å². The average molecular weight is 948 g/mol. The molecule has 7 N–H and O–H groups in total. The molecule has 4 aliphatic rings. The molecule has 0 radical (unpaired) electrons. The maximum Gasteiger partial charge on any atom is 0.312 e. The molecule has 1 aliphatic carbocycles. The van der Waals surface area contributed by atoms with Crippen LogP contribution in [0.3, 0.4) is 0 Å². The van der Waals surface area contributed by atoms with Gasteiger partial charge in [-0.2, -0.15) is 5.10 Å². The first-order valence-corrected chi connectivity index (χ1v) is 24.7. The van der Waals surface area contributed by atoms with Gasteiger partial charge in [0, 0.05) is 67.2 Å². The summed E-state index contributed by atoms with van der Waals surface area (Å²) in [6.45, 7) is 12.6. The first-order chi connectivity index (χ1) is 32.3. The van der Waals surface area contributed by atoms with E-state index in [9.17, 15) is 39.9 Å². The number of allylic oxidation sites excluding steroid dienone is 2. The van der Waals surface area contributed by atoms with Crippen molar-refractivity contribution in [2.24, 2.45) is 28.8 Å². The van der Waals surface area contributed by atoms with Crippen LogP contribution >= 0.6 is 0 Å². The third kappa shape index (κ3) is 12.6. The van der Waals surface area contributed by atoms with Crippen LogP contribution in [0.1, 0.15) is 160 Å². The molecule has 15 heteroatoms. The number of aliphatic hydroxyl groups excluding tert-OH is 2. The van der Waals surface area contributed by atoms with E-state index < -0.39 is 88.8 Å². The van der Waals surface area contributed by atoms with Crippen molar-refractivity contribution in [1.29, 1.82) is 0 Å². The number of hydrogen-bond acceptors (Lipinski definition) is 14. The number of fused-ring (bicyclic) bond motifs is 14. The number of phenols is 3. The van der Waals surface area contributed by atoms with Crippen LogP contribution in [-0.2, 0) is 23.8 Å². The molecule has 3 heterocycles. The molecule has 6 rings (SSSR count). The fourth-order valence-electron chi connectivity index (χ4n) is 9.90. The number of hydrogen-bond donors (Lipinski definition) is 7. The minimum Gasteiger partial charge on any atom is -0.507 e. The molecule has 1 saturated carbocycles. The summed E-state index contributed by atoms with van der Waals surface area (Å²) in [6.07, 6.45) is 21.0. The molecule has 5 bridgehead atoms. The number of nitrogens with zero attached hydrogens (tertiary/aromatic N) is 1. The Labute approximate surface area is 402 Å². The third-order valence-corrected chi connectivity index (χ3v) is 14.3. The Morgan fingerprint density at radius 1 is 0.824 bits per heavy atom. The zero-order valence-electron chi connectivity index (χ0n) is 41.6. The van der Waals surface area contributed by atoms with Crippen LogP contribution in [0.5, 0.6) is 23.0 Å². The van der Waals surface area contributed by atoms with Gasteiger partial charge in [0.15, 0.2) is 5.75 Å². The Morgan fingerprint density at radius 3 is 1.99 bits per heavy atom. The minimum absolute atomic E-state index is 0.0252. The van der Waals surface area contributed by atoms with Crippen LogP contribution in [0.25, 0.3) is 10.8 Å². The smallest absolute Gasteiger partial charge is 0.312 e. The molecule has 0 spiro atoms. The third-order valence-electron chi connectivity index (χ3n) is 14.3. The first-order valence-electron chi connectivity index (χ1n) is 24.7. The lowest BCUT2D eigenvalue weighted by atomic mass is 9.78. The molecule has 1 amide bonds. The Balaban J connectivity index is 1.63. The van der Waals surface area contributed by atoms with E-state index in [1.807, 2.05) is 0 Å². The summed E-state index contributed by atoms with van der Waals surface area (Å²) in [6, 6.07) is 0.0252. The van der Waals surface area contributed by atoms with Gasteiger partial charge in [-0.25, -0.2) is 0 Å². The highest BCUT2D eigenvalue weighted by Gasteiger charge is 2.50. The van der Waals surface area contributed by atoms with Crippen LogP contribution in [-0.4, -0.2) is 92.8 Å². The summed E-state index contributed by atoms with van der Waals surface area (Å²) in [5, 5.41) is 66.0. The molecule has 0 saturated heterocycles. The number of hydrazone groups is 1. The number of anilines is 1. The molecule has 1 fully saturated rings. The van der Waals surface area contributed by atoms with Gasteiger partial charge in [0.2, 0.25) is 0 Å². The Bertz CT molecular complexity index is 2200. The lowest BCUT2D eigenvalue weighted by Crippen LogP contribution is -2.46. The number of carbonyl (C=O) groups is 3. The molecule has 2 aromatic rings. The predicted octanol–water partition coefficient (Wildman–Crippen LogP) is 9.52. The zero-order chi connectivity index (χ0) is 49.9. The molecule has 9 atom stereocenters. The van der Waals surface area contributed by atoms with Gasteiger partial charge in [0.05, 0.1) is 53.0 Å². The number of benzene rings is 2. The maximum absolute atomic E-state index is 14.6. The van der Waals surface area contributed by atoms with Crippen molar-refractivity contribution in [3.8, 4) is 23.0 Å². The molecule has 0 unspecified atom stereocenters. The van der Waals surface area contributed by atoms with Gasteiger partial charge in [-0.3, -0.25) is 14.4 Å². The molecule has 3 aliphatic heterocycles. The average Bonchev–Trinajstić information content (AvgIpc) is 3.56. The van der Waals surface area contributed by atoms with Crippen LogP contribution < -0.4 is 15.5 Å². The number of Topliss-reactive ketones (excluding diaryl/α,β-unsaturated/α-hetero) is 1. The lowest BCUT2D eigenvalue weighted by Gasteiger charge is -2.38. The summed E-state index contributed by atoms with van der Waals surface area (Å²) in [7, 11) is 1.45. The summed E-state index contributed by atoms with van der Waals surface area (Å²) < 4.78 is 23.8. The number of carbonyl (C=O) groups excluding carboxylic acids is 3. The fraction of sp³-hybridized carbons (Fsp3) is 0.623. The lowest BCUT2D eigenvalue weighted by molar-refractivity contribution is -0.160. The summed E-state index contributed by atoms with van der Waals surface area (Å²) in [5.41, 5.74) is 2.98. The van der Waals surface area contributed by atoms with Gasteiger partial charge in [-0.05, 0) is 32.8 Å². The summed E-state index contributed by atoms with van der Waals surface area (Å²) in [5.74, 6) is -8.30. The maximum atomic E-state index is 14.6. The Hall–Kier alpha value is -5.12. The van der Waals surface area contributed by atoms with Gasteiger partial charge in [0.1, 0.15) is 23.4 Å². The highest BCUT2D eigenvalue weighted by atomic mass is 16.7. The van der Waals surface area contributed by atoms with Crippen molar-refractivity contribution in [2.75, 3.05) is 12.4 Å². The van der Waals surface area contributed by atoms with Crippen LogP contribution in [0.2, 0.25) is 0 Å². The van der Waals surface area contributed by atoms with Gasteiger partial charge in [0.25, 0.3) is 11.7 Å². The molecule has 0 aromatic heterocycles. The van der Waals surface area contributed by atoms with E-state index in [2.05, 4.69) is 15.8 Å².